The summed E-state index contributed by atoms with van der Waals surface area (Å²) in [6.45, 7) is 1.54. The molecule has 0 amide bonds. The van der Waals surface area contributed by atoms with Gasteiger partial charge in [0.25, 0.3) is 5.56 Å². The average molecular weight is 261 g/mol. The van der Waals surface area contributed by atoms with Gasteiger partial charge in [-0.15, -0.1) is 0 Å². The van der Waals surface area contributed by atoms with Crippen molar-refractivity contribution < 1.29 is 13.9 Å². The number of benzene rings is 1. The maximum Gasteiger partial charge on any atom is 0.339 e. The van der Waals surface area contributed by atoms with Crippen molar-refractivity contribution in [1.82, 2.24) is 4.98 Å². The Morgan fingerprint density at radius 1 is 1.26 bits per heavy atom. The van der Waals surface area contributed by atoms with Gasteiger partial charge in [0.1, 0.15) is 5.82 Å². The predicted molar refractivity (Wildman–Crippen MR) is 68.5 cm³/mol. The van der Waals surface area contributed by atoms with Crippen molar-refractivity contribution >= 4 is 5.97 Å². The van der Waals surface area contributed by atoms with Crippen LogP contribution in [0.5, 0.6) is 0 Å². The Kier molecular flexibility index (Phi) is 3.46. The number of methoxy groups -OCH3 is 1. The summed E-state index contributed by atoms with van der Waals surface area (Å²) in [7, 11) is 1.25. The van der Waals surface area contributed by atoms with Crippen molar-refractivity contribution in [2.75, 3.05) is 7.11 Å². The quantitative estimate of drug-likeness (QED) is 0.844. The molecule has 1 aromatic carbocycles. The molecule has 0 aliphatic heterocycles. The smallest absolute Gasteiger partial charge is 0.339 e. The Morgan fingerprint density at radius 2 is 1.89 bits per heavy atom. The Hall–Kier alpha value is -2.43. The van der Waals surface area contributed by atoms with Crippen LogP contribution in [0.25, 0.3) is 11.1 Å². The number of carbonyl (C=O) groups is 1. The number of hydrogen-bond donors (Lipinski definition) is 1. The number of pyridine rings is 1. The predicted octanol–water partition coefficient (Wildman–Crippen LogP) is 2.28. The Labute approximate surface area is 108 Å². The highest BCUT2D eigenvalue weighted by molar-refractivity contribution is 5.98. The molecule has 5 heteroatoms. The first kappa shape index (κ1) is 13.0. The molecule has 0 radical (unpaired) electrons. The number of hydrogen-bond acceptors (Lipinski definition) is 3. The third kappa shape index (κ3) is 2.40. The molecule has 2 rings (SSSR count). The van der Waals surface area contributed by atoms with Crippen LogP contribution in [-0.2, 0) is 4.74 Å². The van der Waals surface area contributed by atoms with E-state index in [1.807, 2.05) is 0 Å². The molecule has 0 aliphatic carbocycles. The molecule has 1 aromatic heterocycles. The topological polar surface area (TPSA) is 59.2 Å². The molecule has 0 aliphatic rings. The number of halogens is 1. The molecule has 2 aromatic rings. The number of aromatic nitrogens is 1. The van der Waals surface area contributed by atoms with Gasteiger partial charge in [0.15, 0.2) is 0 Å². The maximum atomic E-state index is 12.9. The van der Waals surface area contributed by atoms with E-state index in [9.17, 15) is 14.0 Å². The Bertz CT molecular complexity index is 674. The first-order chi connectivity index (χ1) is 9.04. The van der Waals surface area contributed by atoms with Crippen molar-refractivity contribution in [2.45, 2.75) is 6.92 Å². The van der Waals surface area contributed by atoms with Crippen LogP contribution in [-0.4, -0.2) is 18.1 Å². The molecule has 0 bridgehead atoms. The summed E-state index contributed by atoms with van der Waals surface area (Å²) in [5.74, 6) is -0.965. The third-order valence-electron chi connectivity index (χ3n) is 2.88. The summed E-state index contributed by atoms with van der Waals surface area (Å²) >= 11 is 0. The minimum Gasteiger partial charge on any atom is -0.465 e. The zero-order valence-electron chi connectivity index (χ0n) is 10.5. The first-order valence-corrected chi connectivity index (χ1v) is 5.61. The SMILES string of the molecule is COC(=O)c1c(-c2ccc(F)cc2)c[nH]c(=O)c1C. The minimum absolute atomic E-state index is 0.192. The summed E-state index contributed by atoms with van der Waals surface area (Å²) in [4.78, 5) is 25.9. The summed E-state index contributed by atoms with van der Waals surface area (Å²) in [6, 6.07) is 5.65. The largest absolute Gasteiger partial charge is 0.465 e. The number of H-pyrrole nitrogens is 1. The summed E-state index contributed by atoms with van der Waals surface area (Å²) in [5, 5.41) is 0. The summed E-state index contributed by atoms with van der Waals surface area (Å²) < 4.78 is 17.6. The van der Waals surface area contributed by atoms with Gasteiger partial charge in [-0.3, -0.25) is 4.79 Å². The van der Waals surface area contributed by atoms with Crippen molar-refractivity contribution in [3.8, 4) is 11.1 Å². The average Bonchev–Trinajstić information content (AvgIpc) is 2.42. The van der Waals surface area contributed by atoms with Crippen molar-refractivity contribution in [3.05, 3.63) is 57.8 Å². The van der Waals surface area contributed by atoms with E-state index in [0.717, 1.165) is 0 Å². The van der Waals surface area contributed by atoms with Crippen LogP contribution in [0.3, 0.4) is 0 Å². The van der Waals surface area contributed by atoms with Crippen LogP contribution in [0.15, 0.2) is 35.3 Å². The molecular weight excluding hydrogens is 249 g/mol. The lowest BCUT2D eigenvalue weighted by Gasteiger charge is -2.10. The van der Waals surface area contributed by atoms with Gasteiger partial charge < -0.3 is 9.72 Å². The summed E-state index contributed by atoms with van der Waals surface area (Å²) in [5.41, 5.74) is 1.24. The molecular formula is C14H12FNO3. The Morgan fingerprint density at radius 3 is 2.47 bits per heavy atom. The fourth-order valence-corrected chi connectivity index (χ4v) is 1.86. The normalized spacial score (nSPS) is 10.3. The molecule has 0 saturated carbocycles. The third-order valence-corrected chi connectivity index (χ3v) is 2.88. The second kappa shape index (κ2) is 5.06. The number of nitrogens with one attached hydrogen (secondary N) is 1. The van der Waals surface area contributed by atoms with Crippen LogP contribution in [0.4, 0.5) is 4.39 Å². The first-order valence-electron chi connectivity index (χ1n) is 5.61. The van der Waals surface area contributed by atoms with E-state index < -0.39 is 5.97 Å². The number of carbonyl (C=O) groups excluding carboxylic acids is 1. The van der Waals surface area contributed by atoms with Crippen LogP contribution in [0, 0.1) is 12.7 Å². The minimum atomic E-state index is -0.595. The second-order valence-electron chi connectivity index (χ2n) is 4.03. The lowest BCUT2D eigenvalue weighted by atomic mass is 9.98. The van der Waals surface area contributed by atoms with Crippen LogP contribution < -0.4 is 5.56 Å². The van der Waals surface area contributed by atoms with Crippen molar-refractivity contribution in [1.29, 1.82) is 0 Å². The van der Waals surface area contributed by atoms with Crippen LogP contribution in [0.2, 0.25) is 0 Å². The van der Waals surface area contributed by atoms with E-state index >= 15 is 0 Å². The van der Waals surface area contributed by atoms with Gasteiger partial charge in [-0.05, 0) is 24.6 Å². The zero-order valence-corrected chi connectivity index (χ0v) is 10.5. The number of esters is 1. The van der Waals surface area contributed by atoms with Crippen molar-refractivity contribution in [2.24, 2.45) is 0 Å². The molecule has 0 fully saturated rings. The zero-order chi connectivity index (χ0) is 14.0. The molecule has 0 unspecified atom stereocenters. The van der Waals surface area contributed by atoms with Gasteiger partial charge in [0.2, 0.25) is 0 Å². The fraction of sp³-hybridized carbons (Fsp3) is 0.143. The van der Waals surface area contributed by atoms with Crippen LogP contribution in [0.1, 0.15) is 15.9 Å². The van der Waals surface area contributed by atoms with Crippen LogP contribution >= 0.6 is 0 Å². The molecule has 0 saturated heterocycles. The number of ether oxygens (including phenoxy) is 1. The highest BCUT2D eigenvalue weighted by atomic mass is 19.1. The lowest BCUT2D eigenvalue weighted by molar-refractivity contribution is 0.0600. The van der Waals surface area contributed by atoms with E-state index in [0.29, 0.717) is 11.1 Å². The molecule has 0 spiro atoms. The van der Waals surface area contributed by atoms with E-state index in [1.54, 1.807) is 0 Å². The van der Waals surface area contributed by atoms with Gasteiger partial charge in [0.05, 0.1) is 12.7 Å². The monoisotopic (exact) mass is 261 g/mol. The molecule has 0 atom stereocenters. The molecule has 4 nitrogen and oxygen atoms in total. The second-order valence-corrected chi connectivity index (χ2v) is 4.03. The molecule has 98 valence electrons. The highest BCUT2D eigenvalue weighted by Gasteiger charge is 2.18. The highest BCUT2D eigenvalue weighted by Crippen LogP contribution is 2.24. The fourth-order valence-electron chi connectivity index (χ4n) is 1.86. The van der Waals surface area contributed by atoms with Crippen molar-refractivity contribution in [3.63, 3.8) is 0 Å². The van der Waals surface area contributed by atoms with E-state index in [1.165, 1.54) is 44.5 Å². The summed E-state index contributed by atoms with van der Waals surface area (Å²) in [6.07, 6.45) is 1.43. The Balaban J connectivity index is 2.70. The van der Waals surface area contributed by atoms with Gasteiger partial charge in [-0.25, -0.2) is 9.18 Å². The standard InChI is InChI=1S/C14H12FNO3/c1-8-12(14(18)19-2)11(7-16-13(8)17)9-3-5-10(15)6-4-9/h3-7H,1-2H3,(H,16,17). The molecule has 19 heavy (non-hydrogen) atoms. The number of rotatable bonds is 2. The van der Waals surface area contributed by atoms with E-state index in [4.69, 9.17) is 4.74 Å². The van der Waals surface area contributed by atoms with Gasteiger partial charge in [0, 0.05) is 17.3 Å². The van der Waals surface area contributed by atoms with E-state index in [-0.39, 0.29) is 22.5 Å². The molecule has 1 N–H and O–H groups in total. The lowest BCUT2D eigenvalue weighted by Crippen LogP contribution is -2.17. The van der Waals surface area contributed by atoms with Gasteiger partial charge in [-0.2, -0.15) is 0 Å². The number of aromatic amines is 1. The molecule has 1 heterocycles. The van der Waals surface area contributed by atoms with Gasteiger partial charge >= 0.3 is 5.97 Å². The van der Waals surface area contributed by atoms with Gasteiger partial charge in [-0.1, -0.05) is 12.1 Å². The van der Waals surface area contributed by atoms with E-state index in [2.05, 4.69) is 4.98 Å². The maximum absolute atomic E-state index is 12.9.